The van der Waals surface area contributed by atoms with Crippen LogP contribution >= 0.6 is 0 Å². The van der Waals surface area contributed by atoms with E-state index in [1.165, 1.54) is 25.4 Å². The molecule has 0 aliphatic carbocycles. The van der Waals surface area contributed by atoms with Gasteiger partial charge in [0.2, 0.25) is 11.9 Å². The molecule has 41 heavy (non-hydrogen) atoms. The maximum absolute atomic E-state index is 12.4. The summed E-state index contributed by atoms with van der Waals surface area (Å²) in [7, 11) is 1.45. The Morgan fingerprint density at radius 2 is 2.07 bits per heavy atom. The third-order valence-corrected chi connectivity index (χ3v) is 6.59. The van der Waals surface area contributed by atoms with Gasteiger partial charge in [0.15, 0.2) is 0 Å². The molecule has 0 spiro atoms. The van der Waals surface area contributed by atoms with Crippen LogP contribution in [0, 0.1) is 6.92 Å². The lowest BCUT2D eigenvalue weighted by Crippen LogP contribution is -2.39. The lowest BCUT2D eigenvalue weighted by atomic mass is 10.1. The summed E-state index contributed by atoms with van der Waals surface area (Å²) in [4.78, 5) is 47.1. The molecule has 1 aromatic carbocycles. The van der Waals surface area contributed by atoms with Gasteiger partial charge >= 0.3 is 0 Å². The summed E-state index contributed by atoms with van der Waals surface area (Å²) in [6.07, 6.45) is 7.79. The summed E-state index contributed by atoms with van der Waals surface area (Å²) in [5.41, 5.74) is 7.70. The van der Waals surface area contributed by atoms with E-state index in [1.54, 1.807) is 35.0 Å². The Hall–Kier alpha value is -4.98. The largest absolute Gasteiger partial charge is 0.495 e. The van der Waals surface area contributed by atoms with E-state index < -0.39 is 5.91 Å². The summed E-state index contributed by atoms with van der Waals surface area (Å²) >= 11 is 0. The quantitative estimate of drug-likeness (QED) is 0.214. The Bertz CT molecular complexity index is 1450. The van der Waals surface area contributed by atoms with Gasteiger partial charge in [0.25, 0.3) is 11.8 Å². The Morgan fingerprint density at radius 3 is 2.78 bits per heavy atom. The number of nitrogens with two attached hydrogens (primary N) is 1. The van der Waals surface area contributed by atoms with Gasteiger partial charge in [0.1, 0.15) is 17.1 Å². The van der Waals surface area contributed by atoms with E-state index in [0.717, 1.165) is 12.8 Å². The highest BCUT2D eigenvalue weighted by Gasteiger charge is 2.24. The number of aromatic nitrogens is 4. The number of aliphatic hydroxyl groups is 1. The van der Waals surface area contributed by atoms with Crippen molar-refractivity contribution in [2.75, 3.05) is 44.0 Å². The number of hydrogen-bond acceptors (Lipinski definition) is 10. The SMILES string of the molecule is C=CC(=O)N1CCC[C@@H](n2cc(Nc3ncc(C(N)=O)c(Nc4c(C)cc(C(=O)NCCO)cc4OC)n3)cn2)C1. The highest BCUT2D eigenvalue weighted by atomic mass is 16.5. The number of hydrogen-bond donors (Lipinski definition) is 5. The molecule has 0 bridgehead atoms. The van der Waals surface area contributed by atoms with Crippen LogP contribution in [0.15, 0.2) is 43.4 Å². The van der Waals surface area contributed by atoms with Crippen LogP contribution in [0.2, 0.25) is 0 Å². The van der Waals surface area contributed by atoms with E-state index in [2.05, 4.69) is 37.6 Å². The molecule has 6 N–H and O–H groups in total. The number of methoxy groups -OCH3 is 1. The fraction of sp³-hybridized carbons (Fsp3) is 0.333. The maximum Gasteiger partial charge on any atom is 0.254 e. The number of anilines is 4. The van der Waals surface area contributed by atoms with E-state index >= 15 is 0 Å². The van der Waals surface area contributed by atoms with Crippen molar-refractivity contribution in [2.24, 2.45) is 5.73 Å². The number of amides is 3. The number of ether oxygens (including phenoxy) is 1. The maximum atomic E-state index is 12.4. The molecule has 14 heteroatoms. The highest BCUT2D eigenvalue weighted by Crippen LogP contribution is 2.33. The number of nitrogens with zero attached hydrogens (tertiary/aromatic N) is 5. The zero-order valence-electron chi connectivity index (χ0n) is 22.9. The highest BCUT2D eigenvalue weighted by molar-refractivity contribution is 5.99. The van der Waals surface area contributed by atoms with Crippen LogP contribution in [0.4, 0.5) is 23.1 Å². The second-order valence-corrected chi connectivity index (χ2v) is 9.41. The number of benzene rings is 1. The van der Waals surface area contributed by atoms with Gasteiger partial charge in [-0.1, -0.05) is 6.58 Å². The standard InChI is InChI=1S/C27H33N9O5/c1-4-22(38)35-8-5-6-19(15-35)36-14-18(12-31-36)32-27-30-13-20(24(28)39)25(34-27)33-23-16(2)10-17(11-21(23)41-3)26(40)29-7-9-37/h4,10-14,19,37H,1,5-9,15H2,2-3H3,(H2,28,39)(H,29,40)(H2,30,32,33,34)/t19-/m1/s1. The van der Waals surface area contributed by atoms with Crippen LogP contribution in [-0.2, 0) is 4.79 Å². The predicted octanol–water partition coefficient (Wildman–Crippen LogP) is 1.65. The first-order valence-corrected chi connectivity index (χ1v) is 13.0. The number of piperidine rings is 1. The molecule has 1 atom stereocenters. The molecule has 0 radical (unpaired) electrons. The molecule has 216 valence electrons. The lowest BCUT2D eigenvalue weighted by Gasteiger charge is -2.32. The Kier molecular flexibility index (Phi) is 9.14. The second-order valence-electron chi connectivity index (χ2n) is 9.41. The lowest BCUT2D eigenvalue weighted by molar-refractivity contribution is -0.127. The zero-order chi connectivity index (χ0) is 29.5. The van der Waals surface area contributed by atoms with E-state index in [9.17, 15) is 14.4 Å². The van der Waals surface area contributed by atoms with Crippen molar-refractivity contribution < 1.29 is 24.2 Å². The van der Waals surface area contributed by atoms with Crippen LogP contribution in [0.25, 0.3) is 0 Å². The third-order valence-electron chi connectivity index (χ3n) is 6.59. The molecule has 4 rings (SSSR count). The molecule has 0 saturated carbocycles. The van der Waals surface area contributed by atoms with Gasteiger partial charge in [-0.2, -0.15) is 10.1 Å². The van der Waals surface area contributed by atoms with Crippen molar-refractivity contribution >= 4 is 40.9 Å². The van der Waals surface area contributed by atoms with Gasteiger partial charge in [0, 0.05) is 37.6 Å². The Morgan fingerprint density at radius 1 is 1.27 bits per heavy atom. The van der Waals surface area contributed by atoms with E-state index in [0.29, 0.717) is 41.3 Å². The van der Waals surface area contributed by atoms with Crippen LogP contribution in [0.3, 0.4) is 0 Å². The number of nitrogens with one attached hydrogen (secondary N) is 3. The molecule has 14 nitrogen and oxygen atoms in total. The van der Waals surface area contributed by atoms with Crippen molar-refractivity contribution in [3.05, 3.63) is 60.1 Å². The molecular formula is C27H33N9O5. The topological polar surface area (TPSA) is 190 Å². The third kappa shape index (κ3) is 6.78. The van der Waals surface area contributed by atoms with E-state index in [1.807, 2.05) is 0 Å². The molecular weight excluding hydrogens is 530 g/mol. The summed E-state index contributed by atoms with van der Waals surface area (Å²) in [6, 6.07) is 3.20. The fourth-order valence-corrected chi connectivity index (χ4v) is 4.55. The van der Waals surface area contributed by atoms with Crippen LogP contribution in [0.1, 0.15) is 45.2 Å². The first-order valence-electron chi connectivity index (χ1n) is 13.0. The number of carbonyl (C=O) groups excluding carboxylic acids is 3. The molecule has 1 aliphatic rings. The smallest absolute Gasteiger partial charge is 0.254 e. The molecule has 1 saturated heterocycles. The average Bonchev–Trinajstić information content (AvgIpc) is 3.44. The minimum absolute atomic E-state index is 0.0164. The van der Waals surface area contributed by atoms with Gasteiger partial charge in [-0.3, -0.25) is 19.1 Å². The normalized spacial score (nSPS) is 14.7. The molecule has 1 fully saturated rings. The Balaban J connectivity index is 1.56. The summed E-state index contributed by atoms with van der Waals surface area (Å²) < 4.78 is 7.30. The van der Waals surface area contributed by atoms with Crippen molar-refractivity contribution in [2.45, 2.75) is 25.8 Å². The minimum Gasteiger partial charge on any atom is -0.495 e. The number of primary amides is 1. The first-order chi connectivity index (χ1) is 19.7. The zero-order valence-corrected chi connectivity index (χ0v) is 22.9. The molecule has 1 aliphatic heterocycles. The van der Waals surface area contributed by atoms with Crippen molar-refractivity contribution in [3.8, 4) is 5.75 Å². The molecule has 3 aromatic rings. The summed E-state index contributed by atoms with van der Waals surface area (Å²) in [6.45, 7) is 6.49. The minimum atomic E-state index is -0.737. The number of rotatable bonds is 11. The van der Waals surface area contributed by atoms with Gasteiger partial charge in [0.05, 0.1) is 37.3 Å². The predicted molar refractivity (Wildman–Crippen MR) is 152 cm³/mol. The van der Waals surface area contributed by atoms with Gasteiger partial charge in [-0.15, -0.1) is 0 Å². The molecule has 3 heterocycles. The van der Waals surface area contributed by atoms with Crippen LogP contribution < -0.4 is 26.4 Å². The van der Waals surface area contributed by atoms with Crippen molar-refractivity contribution in [1.82, 2.24) is 30.0 Å². The number of aliphatic hydroxyl groups excluding tert-OH is 1. The summed E-state index contributed by atoms with van der Waals surface area (Å²) in [5.74, 6) is -0.561. The van der Waals surface area contributed by atoms with Gasteiger partial charge in [-0.25, -0.2) is 4.98 Å². The van der Waals surface area contributed by atoms with Gasteiger partial charge in [-0.05, 0) is 43.5 Å². The van der Waals surface area contributed by atoms with Gasteiger partial charge < -0.3 is 36.4 Å². The monoisotopic (exact) mass is 563 g/mol. The molecule has 0 unspecified atom stereocenters. The fourth-order valence-electron chi connectivity index (χ4n) is 4.55. The summed E-state index contributed by atoms with van der Waals surface area (Å²) in [5, 5.41) is 22.2. The molecule has 2 aromatic heterocycles. The average molecular weight is 564 g/mol. The first kappa shape index (κ1) is 29.0. The van der Waals surface area contributed by atoms with Crippen molar-refractivity contribution in [3.63, 3.8) is 0 Å². The number of aryl methyl sites for hydroxylation is 1. The number of carbonyl (C=O) groups is 3. The van der Waals surface area contributed by atoms with Crippen LogP contribution in [-0.4, -0.2) is 80.8 Å². The molecule has 3 amide bonds. The van der Waals surface area contributed by atoms with E-state index in [4.69, 9.17) is 15.6 Å². The van der Waals surface area contributed by atoms with E-state index in [-0.39, 0.29) is 48.3 Å². The second kappa shape index (κ2) is 12.9. The Labute approximate surface area is 236 Å². The number of likely N-dealkylation sites (tertiary alicyclic amines) is 1. The van der Waals surface area contributed by atoms with Crippen LogP contribution in [0.5, 0.6) is 5.75 Å². The van der Waals surface area contributed by atoms with Crippen molar-refractivity contribution in [1.29, 1.82) is 0 Å².